The molecule has 0 unspecified atom stereocenters. The lowest BCUT2D eigenvalue weighted by Crippen LogP contribution is -2.39. The van der Waals surface area contributed by atoms with Gasteiger partial charge in [-0.2, -0.15) is 0 Å². The molecule has 2 saturated carbocycles. The van der Waals surface area contributed by atoms with E-state index in [1.807, 2.05) is 47.5 Å². The van der Waals surface area contributed by atoms with Crippen molar-refractivity contribution in [3.8, 4) is 11.1 Å². The molecule has 12 nitrogen and oxygen atoms in total. The first-order valence-corrected chi connectivity index (χ1v) is 19.5. The first-order chi connectivity index (χ1) is 25.9. The number of anilines is 1. The van der Waals surface area contributed by atoms with E-state index in [-0.39, 0.29) is 30.1 Å². The molecule has 8 rings (SSSR count). The average molecular weight is 775 g/mol. The number of amides is 1. The van der Waals surface area contributed by atoms with Crippen molar-refractivity contribution in [2.75, 3.05) is 38.1 Å². The number of aliphatic hydroxyl groups is 1. The number of ketones is 1. The van der Waals surface area contributed by atoms with E-state index in [0.717, 1.165) is 87.4 Å². The van der Waals surface area contributed by atoms with Crippen LogP contribution in [0.4, 0.5) is 5.69 Å². The molecule has 2 fully saturated rings. The van der Waals surface area contributed by atoms with Gasteiger partial charge in [0.15, 0.2) is 11.6 Å². The summed E-state index contributed by atoms with van der Waals surface area (Å²) in [7, 11) is 3.73. The molecule has 0 saturated heterocycles. The summed E-state index contributed by atoms with van der Waals surface area (Å²) in [4.78, 5) is 53.3. The van der Waals surface area contributed by atoms with Crippen LogP contribution >= 0.6 is 23.2 Å². The minimum absolute atomic E-state index is 0.0490. The van der Waals surface area contributed by atoms with Gasteiger partial charge in [-0.3, -0.25) is 24.2 Å². The maximum absolute atomic E-state index is 13.7. The molecule has 1 amide bonds. The van der Waals surface area contributed by atoms with Gasteiger partial charge in [0, 0.05) is 95.1 Å². The molecule has 2 aliphatic heterocycles. The van der Waals surface area contributed by atoms with Crippen molar-refractivity contribution in [2.24, 2.45) is 24.9 Å². The van der Waals surface area contributed by atoms with Crippen LogP contribution < -0.4 is 5.32 Å². The second-order valence-corrected chi connectivity index (χ2v) is 16.5. The van der Waals surface area contributed by atoms with Crippen LogP contribution in [0.15, 0.2) is 36.4 Å². The van der Waals surface area contributed by atoms with Crippen LogP contribution in [-0.2, 0) is 51.2 Å². The second-order valence-electron chi connectivity index (χ2n) is 15.7. The van der Waals surface area contributed by atoms with E-state index in [0.29, 0.717) is 63.7 Å². The number of carboxylic acid groups (broad SMARTS) is 1. The highest BCUT2D eigenvalue weighted by atomic mass is 35.5. The number of Topliss-reactive ketones (excluding diaryl/α,β-unsaturated/α-hetero) is 1. The van der Waals surface area contributed by atoms with Crippen LogP contribution in [-0.4, -0.2) is 89.6 Å². The molecule has 2 aromatic carbocycles. The fraction of sp³-hybridized carbons (Fsp3) is 0.475. The number of halogens is 2. The number of hydrogen-bond acceptors (Lipinski definition) is 8. The summed E-state index contributed by atoms with van der Waals surface area (Å²) in [6, 6.07) is 10.9. The predicted molar refractivity (Wildman–Crippen MR) is 205 cm³/mol. The van der Waals surface area contributed by atoms with Crippen molar-refractivity contribution >= 4 is 46.5 Å². The zero-order valence-corrected chi connectivity index (χ0v) is 32.1. The number of imidazole rings is 2. The number of β-amino-alcohol motifs (C(OH)–C–C–N with tert-alkyl or cyclic N) is 1. The van der Waals surface area contributed by atoms with Gasteiger partial charge in [0.2, 0.25) is 5.78 Å². The molecule has 0 radical (unpaired) electrons. The van der Waals surface area contributed by atoms with E-state index < -0.39 is 11.4 Å². The number of carbonyl (C=O) groups is 3. The first kappa shape index (κ1) is 36.9. The summed E-state index contributed by atoms with van der Waals surface area (Å²) in [5.41, 5.74) is 5.61. The zero-order chi connectivity index (χ0) is 37.9. The molecule has 2 bridgehead atoms. The van der Waals surface area contributed by atoms with Gasteiger partial charge in [0.1, 0.15) is 0 Å². The Balaban J connectivity index is 0.963. The summed E-state index contributed by atoms with van der Waals surface area (Å²) in [6.45, 7) is 4.36. The standard InChI is InChI=1S/C40H45Cl2N7O5/c1-46-30-9-15-48(17-18-50)20-28(30)43-35(46)32(51)19-24-5-3-6-25(33(24)41)26-7-4-8-27(34(26)42)45-37(52)36-44-29-21-49(16-10-31(29)47(36)2)23-39-11-13-40(22-39,14-12-39)38(53)54/h3-8,50H,9-23H2,1-2H3,(H,45,52)(H,53,54). The molecule has 284 valence electrons. The number of hydrogen-bond donors (Lipinski definition) is 3. The Morgan fingerprint density at radius 2 is 1.44 bits per heavy atom. The minimum atomic E-state index is -0.648. The lowest BCUT2D eigenvalue weighted by Gasteiger charge is -2.35. The molecule has 0 spiro atoms. The SMILES string of the molecule is Cn1c(C(=O)Cc2cccc(-c3cccc(NC(=O)c4nc5c(n4C)CCN(CC46CCC(C(=O)O)(CC4)C6)C5)c3Cl)c2Cl)nc2c1CCN(CCO)C2. The maximum Gasteiger partial charge on any atom is 0.309 e. The monoisotopic (exact) mass is 773 g/mol. The normalized spacial score (nSPS) is 22.3. The number of nitrogens with one attached hydrogen (secondary N) is 1. The number of fused-ring (bicyclic) bond motifs is 4. The van der Waals surface area contributed by atoms with Gasteiger partial charge in [0.25, 0.3) is 5.91 Å². The number of nitrogens with zero attached hydrogens (tertiary/aromatic N) is 6. The summed E-state index contributed by atoms with van der Waals surface area (Å²) < 4.78 is 3.74. The number of benzene rings is 2. The average Bonchev–Trinajstić information content (AvgIpc) is 3.90. The van der Waals surface area contributed by atoms with Crippen molar-refractivity contribution in [3.05, 3.63) is 86.4 Å². The number of carboxylic acids is 1. The Morgan fingerprint density at radius 1 is 0.833 bits per heavy atom. The van der Waals surface area contributed by atoms with Crippen molar-refractivity contribution in [1.82, 2.24) is 28.9 Å². The van der Waals surface area contributed by atoms with Gasteiger partial charge < -0.3 is 24.7 Å². The van der Waals surface area contributed by atoms with E-state index in [1.165, 1.54) is 0 Å². The minimum Gasteiger partial charge on any atom is -0.481 e. The molecule has 14 heteroatoms. The summed E-state index contributed by atoms with van der Waals surface area (Å²) in [5, 5.41) is 22.9. The molecule has 2 aromatic heterocycles. The molecule has 4 aliphatic rings. The number of aliphatic hydroxyl groups excluding tert-OH is 1. The molecule has 0 atom stereocenters. The van der Waals surface area contributed by atoms with E-state index >= 15 is 0 Å². The molecule has 54 heavy (non-hydrogen) atoms. The first-order valence-electron chi connectivity index (χ1n) is 18.7. The third-order valence-electron chi connectivity index (χ3n) is 12.5. The topological polar surface area (TPSA) is 146 Å². The van der Waals surface area contributed by atoms with Gasteiger partial charge in [-0.25, -0.2) is 9.97 Å². The zero-order valence-electron chi connectivity index (χ0n) is 30.6. The third-order valence-corrected chi connectivity index (χ3v) is 13.4. The largest absolute Gasteiger partial charge is 0.481 e. The van der Waals surface area contributed by atoms with E-state index in [9.17, 15) is 24.6 Å². The van der Waals surface area contributed by atoms with Gasteiger partial charge in [-0.15, -0.1) is 0 Å². The number of aliphatic carboxylic acids is 1. The lowest BCUT2D eigenvalue weighted by atomic mass is 9.81. The van der Waals surface area contributed by atoms with Crippen molar-refractivity contribution in [3.63, 3.8) is 0 Å². The lowest BCUT2D eigenvalue weighted by molar-refractivity contribution is -0.148. The smallest absolute Gasteiger partial charge is 0.309 e. The van der Waals surface area contributed by atoms with Crippen LogP contribution in [0, 0.1) is 10.8 Å². The third kappa shape index (κ3) is 6.45. The van der Waals surface area contributed by atoms with Crippen molar-refractivity contribution in [1.29, 1.82) is 0 Å². The van der Waals surface area contributed by atoms with Gasteiger partial charge in [0.05, 0.1) is 39.1 Å². The van der Waals surface area contributed by atoms with Gasteiger partial charge in [-0.05, 0) is 49.1 Å². The highest BCUT2D eigenvalue weighted by molar-refractivity contribution is 6.39. The Morgan fingerprint density at radius 3 is 2.11 bits per heavy atom. The van der Waals surface area contributed by atoms with Crippen LogP contribution in [0.3, 0.4) is 0 Å². The predicted octanol–water partition coefficient (Wildman–Crippen LogP) is 5.55. The Labute approximate surface area is 324 Å². The summed E-state index contributed by atoms with van der Waals surface area (Å²) >= 11 is 14.0. The quantitative estimate of drug-likeness (QED) is 0.167. The van der Waals surface area contributed by atoms with Crippen molar-refractivity contribution in [2.45, 2.75) is 64.5 Å². The number of carbonyl (C=O) groups excluding carboxylic acids is 2. The van der Waals surface area contributed by atoms with Crippen LogP contribution in [0.1, 0.15) is 81.7 Å². The van der Waals surface area contributed by atoms with E-state index in [1.54, 1.807) is 12.1 Å². The van der Waals surface area contributed by atoms with Gasteiger partial charge in [-0.1, -0.05) is 53.5 Å². The number of rotatable bonds is 11. The fourth-order valence-corrected chi connectivity index (χ4v) is 10.2. The maximum atomic E-state index is 13.7. The summed E-state index contributed by atoms with van der Waals surface area (Å²) in [5.74, 6) is -0.498. The fourth-order valence-electron chi connectivity index (χ4n) is 9.58. The Bertz CT molecular complexity index is 2170. The summed E-state index contributed by atoms with van der Waals surface area (Å²) in [6.07, 6.45) is 5.74. The van der Waals surface area contributed by atoms with Crippen LogP contribution in [0.2, 0.25) is 10.0 Å². The molecule has 3 N–H and O–H groups in total. The van der Waals surface area contributed by atoms with E-state index in [2.05, 4.69) is 15.1 Å². The van der Waals surface area contributed by atoms with Crippen LogP contribution in [0.25, 0.3) is 11.1 Å². The van der Waals surface area contributed by atoms with Crippen LogP contribution in [0.5, 0.6) is 0 Å². The Hall–Kier alpha value is -4.07. The van der Waals surface area contributed by atoms with E-state index in [4.69, 9.17) is 33.2 Å². The molecule has 4 heterocycles. The van der Waals surface area contributed by atoms with Crippen molar-refractivity contribution < 1.29 is 24.6 Å². The molecule has 4 aromatic rings. The molecular weight excluding hydrogens is 729 g/mol. The Kier molecular flexibility index (Phi) is 9.71. The highest BCUT2D eigenvalue weighted by Crippen LogP contribution is 2.62. The number of aromatic nitrogens is 4. The molecular formula is C40H45Cl2N7O5. The second kappa shape index (κ2) is 14.2. The molecule has 2 aliphatic carbocycles. The van der Waals surface area contributed by atoms with Gasteiger partial charge >= 0.3 is 5.97 Å². The highest BCUT2D eigenvalue weighted by Gasteiger charge is 2.58.